The third kappa shape index (κ3) is 1.69. The standard InChI is InChI=1S/C14H16N2O2/c1-2-7-15-12-6-8-16-13-10(9-18-14(16)17)4-3-5-11(12)13/h2-5,12,15H,1,6-9H2. The molecule has 0 aromatic heterocycles. The molecule has 0 fully saturated rings. The fourth-order valence-corrected chi connectivity index (χ4v) is 2.70. The summed E-state index contributed by atoms with van der Waals surface area (Å²) in [6, 6.07) is 6.43. The quantitative estimate of drug-likeness (QED) is 0.830. The second-order valence-corrected chi connectivity index (χ2v) is 4.60. The Morgan fingerprint density at radius 2 is 2.44 bits per heavy atom. The van der Waals surface area contributed by atoms with Crippen LogP contribution in [0.5, 0.6) is 0 Å². The first-order valence-corrected chi connectivity index (χ1v) is 6.21. The highest BCUT2D eigenvalue weighted by Crippen LogP contribution is 2.39. The molecule has 1 unspecified atom stereocenters. The Kier molecular flexibility index (Phi) is 2.80. The SMILES string of the molecule is C=CCNC1CCN2C(=O)OCc3cccc1c32. The van der Waals surface area contributed by atoms with Gasteiger partial charge in [-0.05, 0) is 12.0 Å². The summed E-state index contributed by atoms with van der Waals surface area (Å²) >= 11 is 0. The number of benzene rings is 1. The predicted octanol–water partition coefficient (Wildman–Crippen LogP) is 2.36. The molecule has 1 atom stereocenters. The van der Waals surface area contributed by atoms with Gasteiger partial charge in [0.25, 0.3) is 0 Å². The summed E-state index contributed by atoms with van der Waals surface area (Å²) in [7, 11) is 0. The number of carbonyl (C=O) groups excluding carboxylic acids is 1. The van der Waals surface area contributed by atoms with Gasteiger partial charge in [-0.15, -0.1) is 6.58 Å². The average Bonchev–Trinajstić information content (AvgIpc) is 2.41. The van der Waals surface area contributed by atoms with E-state index in [4.69, 9.17) is 4.74 Å². The lowest BCUT2D eigenvalue weighted by atomic mass is 9.93. The molecule has 4 nitrogen and oxygen atoms in total. The smallest absolute Gasteiger partial charge is 0.414 e. The molecule has 1 aromatic carbocycles. The van der Waals surface area contributed by atoms with E-state index in [1.165, 1.54) is 5.56 Å². The van der Waals surface area contributed by atoms with E-state index < -0.39 is 0 Å². The highest BCUT2D eigenvalue weighted by molar-refractivity contribution is 5.92. The maximum absolute atomic E-state index is 11.8. The van der Waals surface area contributed by atoms with E-state index >= 15 is 0 Å². The number of cyclic esters (lactones) is 1. The average molecular weight is 244 g/mol. The first kappa shape index (κ1) is 11.3. The van der Waals surface area contributed by atoms with Crippen LogP contribution >= 0.6 is 0 Å². The van der Waals surface area contributed by atoms with Crippen molar-refractivity contribution in [1.29, 1.82) is 0 Å². The topological polar surface area (TPSA) is 41.6 Å². The number of hydrogen-bond donors (Lipinski definition) is 1. The van der Waals surface area contributed by atoms with Gasteiger partial charge in [-0.3, -0.25) is 4.90 Å². The van der Waals surface area contributed by atoms with Crippen molar-refractivity contribution in [3.8, 4) is 0 Å². The molecule has 0 saturated carbocycles. The molecule has 0 bridgehead atoms. The van der Waals surface area contributed by atoms with Crippen LogP contribution in [-0.2, 0) is 11.3 Å². The molecular formula is C14H16N2O2. The lowest BCUT2D eigenvalue weighted by molar-refractivity contribution is 0.140. The number of amides is 1. The maximum atomic E-state index is 11.8. The summed E-state index contributed by atoms with van der Waals surface area (Å²) in [6.45, 7) is 5.59. The molecule has 2 aliphatic heterocycles. The summed E-state index contributed by atoms with van der Waals surface area (Å²) in [5, 5.41) is 3.44. The fraction of sp³-hybridized carbons (Fsp3) is 0.357. The zero-order chi connectivity index (χ0) is 12.5. The van der Waals surface area contributed by atoms with Crippen LogP contribution in [0.25, 0.3) is 0 Å². The molecule has 18 heavy (non-hydrogen) atoms. The van der Waals surface area contributed by atoms with Crippen LogP contribution in [0.2, 0.25) is 0 Å². The van der Waals surface area contributed by atoms with Crippen LogP contribution in [0.3, 0.4) is 0 Å². The highest BCUT2D eigenvalue weighted by atomic mass is 16.6. The van der Waals surface area contributed by atoms with Gasteiger partial charge in [0.1, 0.15) is 6.61 Å². The number of anilines is 1. The zero-order valence-electron chi connectivity index (χ0n) is 10.2. The van der Waals surface area contributed by atoms with Crippen LogP contribution in [0.15, 0.2) is 30.9 Å². The van der Waals surface area contributed by atoms with Gasteiger partial charge < -0.3 is 10.1 Å². The number of carbonyl (C=O) groups is 1. The van der Waals surface area contributed by atoms with Crippen LogP contribution in [0.1, 0.15) is 23.6 Å². The van der Waals surface area contributed by atoms with Crippen molar-refractivity contribution in [3.63, 3.8) is 0 Å². The second kappa shape index (κ2) is 4.46. The number of nitrogens with one attached hydrogen (secondary N) is 1. The van der Waals surface area contributed by atoms with E-state index in [0.29, 0.717) is 19.2 Å². The molecule has 94 valence electrons. The molecule has 1 aromatic rings. The summed E-state index contributed by atoms with van der Waals surface area (Å²) in [6.07, 6.45) is 2.53. The Hall–Kier alpha value is -1.81. The van der Waals surface area contributed by atoms with Gasteiger partial charge in [-0.1, -0.05) is 24.3 Å². The van der Waals surface area contributed by atoms with Crippen molar-refractivity contribution in [2.45, 2.75) is 19.1 Å². The number of rotatable bonds is 3. The summed E-state index contributed by atoms with van der Waals surface area (Å²) in [4.78, 5) is 13.5. The van der Waals surface area contributed by atoms with Crippen LogP contribution in [0.4, 0.5) is 10.5 Å². The molecule has 0 aliphatic carbocycles. The van der Waals surface area contributed by atoms with Gasteiger partial charge in [0.15, 0.2) is 0 Å². The van der Waals surface area contributed by atoms with E-state index in [9.17, 15) is 4.79 Å². The second-order valence-electron chi connectivity index (χ2n) is 4.60. The summed E-state index contributed by atoms with van der Waals surface area (Å²) < 4.78 is 5.16. The number of nitrogens with zero attached hydrogens (tertiary/aromatic N) is 1. The first-order valence-electron chi connectivity index (χ1n) is 6.21. The molecule has 2 heterocycles. The van der Waals surface area contributed by atoms with Gasteiger partial charge in [0.2, 0.25) is 0 Å². The fourth-order valence-electron chi connectivity index (χ4n) is 2.70. The van der Waals surface area contributed by atoms with Crippen molar-refractivity contribution in [2.24, 2.45) is 0 Å². The van der Waals surface area contributed by atoms with Crippen molar-refractivity contribution < 1.29 is 9.53 Å². The molecular weight excluding hydrogens is 228 g/mol. The van der Waals surface area contributed by atoms with E-state index in [-0.39, 0.29) is 6.09 Å². The number of para-hydroxylation sites is 1. The predicted molar refractivity (Wildman–Crippen MR) is 69.5 cm³/mol. The molecule has 4 heteroatoms. The van der Waals surface area contributed by atoms with Gasteiger partial charge >= 0.3 is 6.09 Å². The molecule has 0 saturated heterocycles. The normalized spacial score (nSPS) is 21.2. The lowest BCUT2D eigenvalue weighted by Crippen LogP contribution is -2.43. The minimum atomic E-state index is -0.225. The van der Waals surface area contributed by atoms with Crippen molar-refractivity contribution in [1.82, 2.24) is 5.32 Å². The van der Waals surface area contributed by atoms with Gasteiger partial charge in [0, 0.05) is 24.7 Å². The molecule has 0 spiro atoms. The lowest BCUT2D eigenvalue weighted by Gasteiger charge is -2.38. The highest BCUT2D eigenvalue weighted by Gasteiger charge is 2.34. The number of hydrogen-bond acceptors (Lipinski definition) is 3. The van der Waals surface area contributed by atoms with E-state index in [0.717, 1.165) is 24.2 Å². The largest absolute Gasteiger partial charge is 0.444 e. The molecule has 1 amide bonds. The van der Waals surface area contributed by atoms with Crippen molar-refractivity contribution in [2.75, 3.05) is 18.0 Å². The number of ether oxygens (including phenoxy) is 1. The molecule has 0 radical (unpaired) electrons. The van der Waals surface area contributed by atoms with Crippen LogP contribution < -0.4 is 10.2 Å². The van der Waals surface area contributed by atoms with Crippen molar-refractivity contribution in [3.05, 3.63) is 42.0 Å². The van der Waals surface area contributed by atoms with E-state index in [2.05, 4.69) is 18.0 Å². The van der Waals surface area contributed by atoms with Crippen LogP contribution in [-0.4, -0.2) is 19.2 Å². The zero-order valence-corrected chi connectivity index (χ0v) is 10.2. The molecule has 3 rings (SSSR count). The minimum absolute atomic E-state index is 0.225. The van der Waals surface area contributed by atoms with Crippen molar-refractivity contribution >= 4 is 11.8 Å². The van der Waals surface area contributed by atoms with Gasteiger partial charge in [-0.25, -0.2) is 4.79 Å². The summed E-state index contributed by atoms with van der Waals surface area (Å²) in [5.41, 5.74) is 3.33. The first-order chi connectivity index (χ1) is 8.81. The van der Waals surface area contributed by atoms with E-state index in [1.807, 2.05) is 18.2 Å². The van der Waals surface area contributed by atoms with E-state index in [1.54, 1.807) is 4.90 Å². The third-order valence-corrected chi connectivity index (χ3v) is 3.52. The van der Waals surface area contributed by atoms with Gasteiger partial charge in [-0.2, -0.15) is 0 Å². The van der Waals surface area contributed by atoms with Crippen LogP contribution in [0, 0.1) is 0 Å². The minimum Gasteiger partial charge on any atom is -0.444 e. The Morgan fingerprint density at radius 3 is 3.28 bits per heavy atom. The maximum Gasteiger partial charge on any atom is 0.414 e. The summed E-state index contributed by atoms with van der Waals surface area (Å²) in [5.74, 6) is 0. The monoisotopic (exact) mass is 244 g/mol. The Bertz CT molecular complexity index is 499. The third-order valence-electron chi connectivity index (χ3n) is 3.52. The Morgan fingerprint density at radius 1 is 1.56 bits per heavy atom. The molecule has 2 aliphatic rings. The molecule has 1 N–H and O–H groups in total. The van der Waals surface area contributed by atoms with Gasteiger partial charge in [0.05, 0.1) is 5.69 Å². The Balaban J connectivity index is 2.01. The Labute approximate surface area is 106 Å².